The fourth-order valence-electron chi connectivity index (χ4n) is 3.16. The third kappa shape index (κ3) is 2.80. The predicted molar refractivity (Wildman–Crippen MR) is 91.0 cm³/mol. The summed E-state index contributed by atoms with van der Waals surface area (Å²) in [6, 6.07) is 18.5. The fourth-order valence-corrected chi connectivity index (χ4v) is 3.16. The van der Waals surface area contributed by atoms with Gasteiger partial charge in [0, 0.05) is 24.5 Å². The maximum absolute atomic E-state index is 4.79. The highest BCUT2D eigenvalue weighted by Crippen LogP contribution is 2.34. The number of hydrogen-bond donors (Lipinski definition) is 0. The maximum Gasteiger partial charge on any atom is 0.161 e. The van der Waals surface area contributed by atoms with Crippen LogP contribution < -0.4 is 4.90 Å². The van der Waals surface area contributed by atoms with Crippen LogP contribution in [0.4, 0.5) is 5.82 Å². The minimum absolute atomic E-state index is 0.301. The molecule has 0 aliphatic carbocycles. The summed E-state index contributed by atoms with van der Waals surface area (Å²) in [6.45, 7) is 1.01. The molecular formula is C19H18N4. The van der Waals surface area contributed by atoms with Crippen molar-refractivity contribution in [2.24, 2.45) is 0 Å². The Kier molecular flexibility index (Phi) is 3.72. The first-order chi connectivity index (χ1) is 11.4. The van der Waals surface area contributed by atoms with E-state index >= 15 is 0 Å². The quantitative estimate of drug-likeness (QED) is 0.736. The number of nitrogens with zero attached hydrogens (tertiary/aromatic N) is 4. The smallest absolute Gasteiger partial charge is 0.161 e. The zero-order valence-corrected chi connectivity index (χ0v) is 12.8. The lowest BCUT2D eigenvalue weighted by Gasteiger charge is -2.25. The molecule has 0 spiro atoms. The molecule has 0 saturated carbocycles. The average molecular weight is 302 g/mol. The second kappa shape index (κ2) is 6.16. The number of rotatable bonds is 3. The third-order valence-corrected chi connectivity index (χ3v) is 4.25. The molecule has 0 radical (unpaired) electrons. The van der Waals surface area contributed by atoms with E-state index in [4.69, 9.17) is 4.98 Å². The lowest BCUT2D eigenvalue weighted by atomic mass is 10.1. The summed E-state index contributed by atoms with van der Waals surface area (Å²) < 4.78 is 0. The molecule has 4 nitrogen and oxygen atoms in total. The van der Waals surface area contributed by atoms with Crippen LogP contribution in [-0.2, 0) is 0 Å². The molecule has 3 aromatic rings. The Morgan fingerprint density at radius 2 is 1.74 bits per heavy atom. The second-order valence-electron chi connectivity index (χ2n) is 5.71. The molecule has 1 fully saturated rings. The molecule has 0 amide bonds. The first-order valence-electron chi connectivity index (χ1n) is 7.98. The van der Waals surface area contributed by atoms with Crippen LogP contribution in [0, 0.1) is 0 Å². The van der Waals surface area contributed by atoms with E-state index < -0.39 is 0 Å². The van der Waals surface area contributed by atoms with Crippen LogP contribution in [0.15, 0.2) is 67.0 Å². The molecule has 1 aliphatic heterocycles. The minimum Gasteiger partial charge on any atom is -0.348 e. The van der Waals surface area contributed by atoms with Gasteiger partial charge in [0.25, 0.3) is 0 Å². The Labute approximate surface area is 135 Å². The lowest BCUT2D eigenvalue weighted by molar-refractivity contribution is 0.687. The largest absolute Gasteiger partial charge is 0.348 e. The molecule has 1 aliphatic rings. The van der Waals surface area contributed by atoms with Gasteiger partial charge >= 0.3 is 0 Å². The van der Waals surface area contributed by atoms with Crippen molar-refractivity contribution in [2.45, 2.75) is 18.9 Å². The predicted octanol–water partition coefficient (Wildman–Crippen LogP) is 3.88. The Hall–Kier alpha value is -2.75. The van der Waals surface area contributed by atoms with E-state index in [2.05, 4.69) is 20.9 Å². The molecule has 2 aromatic heterocycles. The second-order valence-corrected chi connectivity index (χ2v) is 5.71. The number of hydrogen-bond acceptors (Lipinski definition) is 4. The Balaban J connectivity index is 1.68. The van der Waals surface area contributed by atoms with Gasteiger partial charge in [-0.05, 0) is 31.0 Å². The minimum atomic E-state index is 0.301. The summed E-state index contributed by atoms with van der Waals surface area (Å²) in [5, 5.41) is 0. The van der Waals surface area contributed by atoms with Crippen LogP contribution >= 0.6 is 0 Å². The van der Waals surface area contributed by atoms with Crippen LogP contribution in [-0.4, -0.2) is 21.5 Å². The molecule has 23 heavy (non-hydrogen) atoms. The van der Waals surface area contributed by atoms with E-state index in [0.717, 1.165) is 42.3 Å². The fraction of sp³-hybridized carbons (Fsp3) is 0.211. The SMILES string of the molecule is c1ccc(-c2nccc(N3CCC[C@@H]3c3ccccn3)n2)cc1. The van der Waals surface area contributed by atoms with Crippen molar-refractivity contribution in [3.05, 3.63) is 72.7 Å². The van der Waals surface area contributed by atoms with Gasteiger partial charge in [0.15, 0.2) is 5.82 Å². The van der Waals surface area contributed by atoms with Crippen LogP contribution in [0.25, 0.3) is 11.4 Å². The molecule has 4 heteroatoms. The first kappa shape index (κ1) is 13.9. The Bertz CT molecular complexity index is 774. The summed E-state index contributed by atoms with van der Waals surface area (Å²) in [5.74, 6) is 1.75. The summed E-state index contributed by atoms with van der Waals surface area (Å²) in [7, 11) is 0. The van der Waals surface area contributed by atoms with Crippen molar-refractivity contribution in [3.63, 3.8) is 0 Å². The van der Waals surface area contributed by atoms with E-state index in [1.807, 2.05) is 60.9 Å². The van der Waals surface area contributed by atoms with Gasteiger partial charge in [0.2, 0.25) is 0 Å². The van der Waals surface area contributed by atoms with Gasteiger partial charge < -0.3 is 4.90 Å². The monoisotopic (exact) mass is 302 g/mol. The molecule has 4 rings (SSSR count). The maximum atomic E-state index is 4.79. The van der Waals surface area contributed by atoms with Gasteiger partial charge in [-0.1, -0.05) is 36.4 Å². The van der Waals surface area contributed by atoms with Crippen molar-refractivity contribution >= 4 is 5.82 Å². The van der Waals surface area contributed by atoms with Gasteiger partial charge in [0.05, 0.1) is 11.7 Å². The van der Waals surface area contributed by atoms with E-state index in [1.165, 1.54) is 0 Å². The number of anilines is 1. The molecule has 3 heterocycles. The van der Waals surface area contributed by atoms with Gasteiger partial charge in [-0.15, -0.1) is 0 Å². The Morgan fingerprint density at radius 1 is 0.870 bits per heavy atom. The summed E-state index contributed by atoms with van der Waals surface area (Å²) in [5.41, 5.74) is 2.16. The van der Waals surface area contributed by atoms with Gasteiger partial charge in [-0.3, -0.25) is 4.98 Å². The van der Waals surface area contributed by atoms with E-state index in [0.29, 0.717) is 6.04 Å². The van der Waals surface area contributed by atoms with Crippen LogP contribution in [0.5, 0.6) is 0 Å². The highest BCUT2D eigenvalue weighted by Gasteiger charge is 2.28. The summed E-state index contributed by atoms with van der Waals surface area (Å²) in [4.78, 5) is 16.1. The standard InChI is InChI=1S/C19H18N4/c1-2-7-15(8-3-1)19-21-13-11-18(22-19)23-14-6-10-17(23)16-9-4-5-12-20-16/h1-5,7-9,11-13,17H,6,10,14H2/t17-/m1/s1. The summed E-state index contributed by atoms with van der Waals surface area (Å²) >= 11 is 0. The van der Waals surface area contributed by atoms with Crippen molar-refractivity contribution in [1.29, 1.82) is 0 Å². The summed E-state index contributed by atoms with van der Waals surface area (Å²) in [6.07, 6.45) is 5.98. The first-order valence-corrected chi connectivity index (χ1v) is 7.98. The van der Waals surface area contributed by atoms with Crippen LogP contribution in [0.2, 0.25) is 0 Å². The number of pyridine rings is 1. The van der Waals surface area contributed by atoms with Crippen LogP contribution in [0.1, 0.15) is 24.6 Å². The van der Waals surface area contributed by atoms with Gasteiger partial charge in [0.1, 0.15) is 5.82 Å². The van der Waals surface area contributed by atoms with Crippen molar-refractivity contribution in [1.82, 2.24) is 15.0 Å². The number of aromatic nitrogens is 3. The molecule has 1 saturated heterocycles. The molecule has 0 N–H and O–H groups in total. The van der Waals surface area contributed by atoms with Crippen molar-refractivity contribution in [3.8, 4) is 11.4 Å². The zero-order valence-electron chi connectivity index (χ0n) is 12.8. The van der Waals surface area contributed by atoms with Crippen molar-refractivity contribution in [2.75, 3.05) is 11.4 Å². The van der Waals surface area contributed by atoms with E-state index in [9.17, 15) is 0 Å². The zero-order chi connectivity index (χ0) is 15.5. The van der Waals surface area contributed by atoms with Crippen molar-refractivity contribution < 1.29 is 0 Å². The highest BCUT2D eigenvalue weighted by atomic mass is 15.2. The molecule has 0 unspecified atom stereocenters. The lowest BCUT2D eigenvalue weighted by Crippen LogP contribution is -2.24. The molecule has 114 valence electrons. The molecule has 1 atom stereocenters. The highest BCUT2D eigenvalue weighted by molar-refractivity contribution is 5.57. The molecule has 0 bridgehead atoms. The third-order valence-electron chi connectivity index (χ3n) is 4.25. The number of benzene rings is 1. The normalized spacial score (nSPS) is 17.4. The van der Waals surface area contributed by atoms with Gasteiger partial charge in [-0.25, -0.2) is 9.97 Å². The molecular weight excluding hydrogens is 284 g/mol. The van der Waals surface area contributed by atoms with E-state index in [-0.39, 0.29) is 0 Å². The molecule has 1 aromatic carbocycles. The average Bonchev–Trinajstić information content (AvgIpc) is 3.13. The van der Waals surface area contributed by atoms with E-state index in [1.54, 1.807) is 0 Å². The Morgan fingerprint density at radius 3 is 2.57 bits per heavy atom. The van der Waals surface area contributed by atoms with Gasteiger partial charge in [-0.2, -0.15) is 0 Å². The topological polar surface area (TPSA) is 41.9 Å². The van der Waals surface area contributed by atoms with Crippen LogP contribution in [0.3, 0.4) is 0 Å².